The van der Waals surface area contributed by atoms with Gasteiger partial charge in [-0.3, -0.25) is 9.69 Å². The van der Waals surface area contributed by atoms with Crippen molar-refractivity contribution in [1.82, 2.24) is 14.3 Å². The van der Waals surface area contributed by atoms with E-state index in [0.717, 1.165) is 36.7 Å². The lowest BCUT2D eigenvalue weighted by molar-refractivity contribution is -0.111. The third-order valence-corrected chi connectivity index (χ3v) is 5.97. The summed E-state index contributed by atoms with van der Waals surface area (Å²) in [5.74, 6) is 0.499. The lowest BCUT2D eigenvalue weighted by Gasteiger charge is -2.17. The van der Waals surface area contributed by atoms with Gasteiger partial charge in [0.2, 0.25) is 0 Å². The fourth-order valence-corrected chi connectivity index (χ4v) is 4.35. The van der Waals surface area contributed by atoms with Crippen molar-refractivity contribution >= 4 is 35.2 Å². The highest BCUT2D eigenvalue weighted by molar-refractivity contribution is 6.26. The molecule has 7 nitrogen and oxygen atoms in total. The van der Waals surface area contributed by atoms with Crippen LogP contribution in [0.5, 0.6) is 5.75 Å². The van der Waals surface area contributed by atoms with Crippen molar-refractivity contribution in [2.75, 3.05) is 31.6 Å². The van der Waals surface area contributed by atoms with Crippen molar-refractivity contribution in [2.24, 2.45) is 0 Å². The number of amides is 1. The number of anilines is 1. The minimum atomic E-state index is -0.357. The summed E-state index contributed by atoms with van der Waals surface area (Å²) in [5.41, 5.74) is 3.15. The molecule has 0 saturated carbocycles. The summed E-state index contributed by atoms with van der Waals surface area (Å²) < 4.78 is 7.80. The molecule has 0 radical (unpaired) electrons. The molecule has 2 aliphatic rings. The average Bonchev–Trinajstić information content (AvgIpc) is 3.42. The Morgan fingerprint density at radius 2 is 1.88 bits per heavy atom. The van der Waals surface area contributed by atoms with Crippen molar-refractivity contribution in [3.63, 3.8) is 0 Å². The van der Waals surface area contributed by atoms with Crippen LogP contribution in [-0.2, 0) is 11.2 Å². The zero-order valence-corrected chi connectivity index (χ0v) is 18.6. The molecule has 0 atom stereocenters. The van der Waals surface area contributed by atoms with Gasteiger partial charge in [-0.2, -0.15) is 0 Å². The lowest BCUT2D eigenvalue weighted by Crippen LogP contribution is -2.25. The van der Waals surface area contributed by atoms with Crippen molar-refractivity contribution in [3.05, 3.63) is 65.8 Å². The highest BCUT2D eigenvalue weighted by Gasteiger charge is 2.28. The Bertz CT molecular complexity index is 1130. The van der Waals surface area contributed by atoms with Crippen LogP contribution in [0, 0.1) is 0 Å². The average molecular weight is 455 g/mol. The van der Waals surface area contributed by atoms with E-state index in [1.54, 1.807) is 0 Å². The number of hydrogen-bond donors (Lipinski definition) is 2. The van der Waals surface area contributed by atoms with Gasteiger partial charge in [0, 0.05) is 24.8 Å². The number of benzene rings is 1. The first-order valence-corrected chi connectivity index (χ1v) is 10.8. The lowest BCUT2D eigenvalue weighted by atomic mass is 9.97. The standard InChI is InChI=1S/C24H26N4O3.ClH/c29-20-11-10-19-23(26-21-5-1-2-14-28(19)21)22(20)24(30)25-17-6-8-18(9-7-17)31-16-15-27-12-3-4-13-27;/h1-2,5-9,14,29H,3-4,10-13,15-16H2,(H,25,30);1H. The van der Waals surface area contributed by atoms with Crippen LogP contribution in [0.4, 0.5) is 5.69 Å². The van der Waals surface area contributed by atoms with Gasteiger partial charge in [-0.25, -0.2) is 4.98 Å². The van der Waals surface area contributed by atoms with Crippen molar-refractivity contribution in [3.8, 4) is 5.75 Å². The predicted octanol–water partition coefficient (Wildman–Crippen LogP) is 4.08. The first-order valence-electron chi connectivity index (χ1n) is 10.8. The van der Waals surface area contributed by atoms with Crippen molar-refractivity contribution < 1.29 is 14.6 Å². The number of rotatable bonds is 6. The molecule has 1 amide bonds. The second kappa shape index (κ2) is 9.63. The molecule has 3 aromatic rings. The highest BCUT2D eigenvalue weighted by Crippen LogP contribution is 2.31. The number of allylic oxidation sites excluding steroid dienone is 1. The molecule has 1 aliphatic heterocycles. The molecule has 1 fully saturated rings. The van der Waals surface area contributed by atoms with Gasteiger partial charge in [0.25, 0.3) is 5.91 Å². The summed E-state index contributed by atoms with van der Waals surface area (Å²) in [5, 5.41) is 13.4. The number of aromatic nitrogens is 2. The molecule has 1 saturated heterocycles. The number of fused-ring (bicyclic) bond motifs is 3. The largest absolute Gasteiger partial charge is 0.511 e. The Balaban J connectivity index is 0.00000245. The van der Waals surface area contributed by atoms with E-state index in [-0.39, 0.29) is 29.6 Å². The van der Waals surface area contributed by atoms with Crippen LogP contribution in [0.25, 0.3) is 11.2 Å². The second-order valence-electron chi connectivity index (χ2n) is 8.03. The topological polar surface area (TPSA) is 79.1 Å². The summed E-state index contributed by atoms with van der Waals surface area (Å²) in [6.07, 6.45) is 5.55. The van der Waals surface area contributed by atoms with Crippen LogP contribution in [0.3, 0.4) is 0 Å². The van der Waals surface area contributed by atoms with Crippen molar-refractivity contribution in [1.29, 1.82) is 0 Å². The molecule has 168 valence electrons. The summed E-state index contributed by atoms with van der Waals surface area (Å²) >= 11 is 0. The Morgan fingerprint density at radius 1 is 1.09 bits per heavy atom. The quantitative estimate of drug-likeness (QED) is 0.586. The number of ether oxygens (including phenoxy) is 1. The van der Waals surface area contributed by atoms with Crippen LogP contribution in [0.2, 0.25) is 0 Å². The van der Waals surface area contributed by atoms with E-state index in [2.05, 4.69) is 15.2 Å². The summed E-state index contributed by atoms with van der Waals surface area (Å²) in [7, 11) is 0. The van der Waals surface area contributed by atoms with E-state index >= 15 is 0 Å². The molecule has 0 unspecified atom stereocenters. The number of carbonyl (C=O) groups excluding carboxylic acids is 1. The highest BCUT2D eigenvalue weighted by atomic mass is 35.5. The molecule has 2 N–H and O–H groups in total. The number of carbonyl (C=O) groups is 1. The number of nitrogens with zero attached hydrogens (tertiary/aromatic N) is 3. The number of halogens is 1. The Morgan fingerprint density at radius 3 is 2.66 bits per heavy atom. The first kappa shape index (κ1) is 22.2. The summed E-state index contributed by atoms with van der Waals surface area (Å²) in [6, 6.07) is 13.1. The number of aliphatic hydroxyl groups excluding tert-OH is 1. The molecule has 2 aromatic heterocycles. The van der Waals surface area contributed by atoms with E-state index in [0.29, 0.717) is 30.8 Å². The van der Waals surface area contributed by atoms with Crippen LogP contribution < -0.4 is 10.1 Å². The number of aliphatic hydroxyl groups is 1. The van der Waals surface area contributed by atoms with E-state index in [4.69, 9.17) is 4.74 Å². The van der Waals surface area contributed by atoms with Gasteiger partial charge in [0.05, 0.1) is 5.69 Å². The first-order chi connectivity index (χ1) is 15.2. The van der Waals surface area contributed by atoms with E-state index in [1.165, 1.54) is 12.8 Å². The van der Waals surface area contributed by atoms with Crippen LogP contribution in [0.1, 0.15) is 30.7 Å². The number of likely N-dealkylation sites (tertiary alicyclic amines) is 1. The van der Waals surface area contributed by atoms with Gasteiger partial charge >= 0.3 is 0 Å². The predicted molar refractivity (Wildman–Crippen MR) is 127 cm³/mol. The number of hydrogen-bond acceptors (Lipinski definition) is 5. The SMILES string of the molecule is Cl.O=C(Nc1ccc(OCCN2CCCC2)cc1)C1=C(O)CCc2c1nc1ccccn21. The molecule has 3 heterocycles. The van der Waals surface area contributed by atoms with Gasteiger partial charge in [-0.05, 0) is 68.8 Å². The molecule has 0 bridgehead atoms. The Hall–Kier alpha value is -3.03. The molecule has 8 heteroatoms. The maximum Gasteiger partial charge on any atom is 0.261 e. The molecular weight excluding hydrogens is 428 g/mol. The maximum atomic E-state index is 13.0. The normalized spacial score (nSPS) is 16.0. The molecule has 5 rings (SSSR count). The number of pyridine rings is 1. The molecule has 1 aromatic carbocycles. The fraction of sp³-hybridized carbons (Fsp3) is 0.333. The summed E-state index contributed by atoms with van der Waals surface area (Å²) in [4.78, 5) is 20.0. The van der Waals surface area contributed by atoms with Crippen LogP contribution in [0.15, 0.2) is 54.4 Å². The minimum absolute atomic E-state index is 0. The molecule has 32 heavy (non-hydrogen) atoms. The molecule has 0 spiro atoms. The smallest absolute Gasteiger partial charge is 0.261 e. The molecular formula is C24H27ClN4O3. The monoisotopic (exact) mass is 454 g/mol. The molecule has 1 aliphatic carbocycles. The zero-order chi connectivity index (χ0) is 21.2. The van der Waals surface area contributed by atoms with Gasteiger partial charge in [0.15, 0.2) is 0 Å². The Kier molecular flexibility index (Phi) is 6.67. The van der Waals surface area contributed by atoms with Gasteiger partial charge in [-0.15, -0.1) is 12.4 Å². The maximum absolute atomic E-state index is 13.0. The zero-order valence-electron chi connectivity index (χ0n) is 17.8. The van der Waals surface area contributed by atoms with Gasteiger partial charge < -0.3 is 19.6 Å². The Labute approximate surface area is 193 Å². The third kappa shape index (κ3) is 4.45. The third-order valence-electron chi connectivity index (χ3n) is 5.97. The summed E-state index contributed by atoms with van der Waals surface area (Å²) in [6.45, 7) is 3.91. The van der Waals surface area contributed by atoms with Gasteiger partial charge in [0.1, 0.15) is 35.0 Å². The fourth-order valence-electron chi connectivity index (χ4n) is 4.35. The van der Waals surface area contributed by atoms with E-state index in [9.17, 15) is 9.90 Å². The van der Waals surface area contributed by atoms with Crippen LogP contribution >= 0.6 is 12.4 Å². The number of aryl methyl sites for hydroxylation is 1. The number of imidazole rings is 1. The minimum Gasteiger partial charge on any atom is -0.511 e. The van der Waals surface area contributed by atoms with E-state index < -0.39 is 0 Å². The van der Waals surface area contributed by atoms with Crippen molar-refractivity contribution in [2.45, 2.75) is 25.7 Å². The van der Waals surface area contributed by atoms with Gasteiger partial charge in [-0.1, -0.05) is 6.07 Å². The number of nitrogens with one attached hydrogen (secondary N) is 1. The van der Waals surface area contributed by atoms with E-state index in [1.807, 2.05) is 53.1 Å². The second-order valence-corrected chi connectivity index (χ2v) is 8.03. The van der Waals surface area contributed by atoms with Crippen LogP contribution in [-0.4, -0.2) is 51.5 Å².